The summed E-state index contributed by atoms with van der Waals surface area (Å²) in [5.74, 6) is -0.153. The van der Waals surface area contributed by atoms with Gasteiger partial charge < -0.3 is 4.57 Å². The number of carbonyl (C=O) groups is 1. The summed E-state index contributed by atoms with van der Waals surface area (Å²) in [6, 6.07) is 1.90. The Morgan fingerprint density at radius 2 is 2.19 bits per heavy atom. The van der Waals surface area contributed by atoms with Crippen LogP contribution in [-0.4, -0.2) is 10.5 Å². The summed E-state index contributed by atoms with van der Waals surface area (Å²) in [6.07, 6.45) is 1.89. The Labute approximate surface area is 102 Å². The molecule has 2 heterocycles. The lowest BCUT2D eigenvalue weighted by Crippen LogP contribution is -2.12. The third-order valence-corrected chi connectivity index (χ3v) is 4.32. The second-order valence-corrected chi connectivity index (χ2v) is 5.69. The van der Waals surface area contributed by atoms with Crippen LogP contribution in [0.15, 0.2) is 22.6 Å². The molecule has 2 rings (SSSR count). The third kappa shape index (κ3) is 2.15. The molecule has 0 atom stereocenters. The van der Waals surface area contributed by atoms with E-state index in [1.807, 2.05) is 43.1 Å². The second kappa shape index (κ2) is 4.35. The molecule has 0 spiro atoms. The molecule has 0 aromatic carbocycles. The van der Waals surface area contributed by atoms with E-state index in [0.717, 1.165) is 10.4 Å². The molecule has 5 heteroatoms. The molecule has 2 aromatic heterocycles. The maximum atomic E-state index is 11.9. The molecule has 0 aliphatic rings. The molecule has 0 aliphatic heterocycles. The van der Waals surface area contributed by atoms with E-state index >= 15 is 0 Å². The molecule has 0 fully saturated rings. The van der Waals surface area contributed by atoms with Gasteiger partial charge in [-0.25, -0.2) is 0 Å². The standard InChI is InChI=1S/C11H12N2OS2/c1-7-6-9(16-8(7)2)10(14)12-11-13(3)4-5-15-11/h4-6H,1-3H3. The van der Waals surface area contributed by atoms with Crippen molar-refractivity contribution in [2.75, 3.05) is 0 Å². The number of amides is 1. The number of nitrogens with zero attached hydrogens (tertiary/aromatic N) is 2. The molecule has 0 unspecified atom stereocenters. The average molecular weight is 252 g/mol. The van der Waals surface area contributed by atoms with Gasteiger partial charge in [-0.15, -0.1) is 22.7 Å². The van der Waals surface area contributed by atoms with Gasteiger partial charge in [0, 0.05) is 23.5 Å². The number of thiophene rings is 1. The number of carbonyl (C=O) groups excluding carboxylic acids is 1. The van der Waals surface area contributed by atoms with Crippen molar-refractivity contribution in [2.45, 2.75) is 13.8 Å². The first-order chi connectivity index (χ1) is 7.58. The zero-order chi connectivity index (χ0) is 11.7. The normalized spacial score (nSPS) is 12.1. The monoisotopic (exact) mass is 252 g/mol. The number of hydrogen-bond acceptors (Lipinski definition) is 3. The molecular weight excluding hydrogens is 240 g/mol. The van der Waals surface area contributed by atoms with Gasteiger partial charge in [-0.3, -0.25) is 4.79 Å². The van der Waals surface area contributed by atoms with Gasteiger partial charge in [-0.1, -0.05) is 0 Å². The van der Waals surface area contributed by atoms with E-state index in [2.05, 4.69) is 4.99 Å². The van der Waals surface area contributed by atoms with Crippen molar-refractivity contribution in [1.29, 1.82) is 0 Å². The van der Waals surface area contributed by atoms with E-state index in [-0.39, 0.29) is 5.91 Å². The predicted octanol–water partition coefficient (Wildman–Crippen LogP) is 2.51. The first-order valence-electron chi connectivity index (χ1n) is 4.84. The summed E-state index contributed by atoms with van der Waals surface area (Å²) in [7, 11) is 1.88. The van der Waals surface area contributed by atoms with Crippen molar-refractivity contribution in [3.8, 4) is 0 Å². The van der Waals surface area contributed by atoms with Crippen LogP contribution in [-0.2, 0) is 7.05 Å². The minimum absolute atomic E-state index is 0.153. The molecule has 0 aliphatic carbocycles. The van der Waals surface area contributed by atoms with Gasteiger partial charge in [-0.2, -0.15) is 4.99 Å². The summed E-state index contributed by atoms with van der Waals surface area (Å²) in [5.41, 5.74) is 1.15. The molecule has 0 bridgehead atoms. The van der Waals surface area contributed by atoms with Crippen molar-refractivity contribution in [3.63, 3.8) is 0 Å². The maximum absolute atomic E-state index is 11.9. The molecule has 1 amide bonds. The lowest BCUT2D eigenvalue weighted by Gasteiger charge is -1.89. The SMILES string of the molecule is Cc1cc(C(=O)N=c2sccn2C)sc1C. The number of hydrogen-bond donors (Lipinski definition) is 0. The molecule has 84 valence electrons. The first-order valence-corrected chi connectivity index (χ1v) is 6.54. The number of aromatic nitrogens is 1. The highest BCUT2D eigenvalue weighted by Gasteiger charge is 2.09. The quantitative estimate of drug-likeness (QED) is 0.768. The van der Waals surface area contributed by atoms with Crippen LogP contribution < -0.4 is 4.80 Å². The van der Waals surface area contributed by atoms with Crippen LogP contribution in [0.5, 0.6) is 0 Å². The van der Waals surface area contributed by atoms with Crippen molar-refractivity contribution < 1.29 is 4.79 Å². The largest absolute Gasteiger partial charge is 0.327 e. The number of rotatable bonds is 1. The Morgan fingerprint density at radius 1 is 1.44 bits per heavy atom. The van der Waals surface area contributed by atoms with Gasteiger partial charge in [0.1, 0.15) is 0 Å². The van der Waals surface area contributed by atoms with Gasteiger partial charge in [-0.05, 0) is 25.5 Å². The average Bonchev–Trinajstić information content (AvgIpc) is 2.76. The number of thiazole rings is 1. The van der Waals surface area contributed by atoms with Gasteiger partial charge in [0.05, 0.1) is 4.88 Å². The van der Waals surface area contributed by atoms with Gasteiger partial charge in [0.25, 0.3) is 5.91 Å². The Hall–Kier alpha value is -1.20. The Kier molecular flexibility index (Phi) is 3.07. The van der Waals surface area contributed by atoms with Crippen molar-refractivity contribution in [2.24, 2.45) is 12.0 Å². The fraction of sp³-hybridized carbons (Fsp3) is 0.273. The van der Waals surface area contributed by atoms with Crippen molar-refractivity contribution in [3.05, 3.63) is 37.8 Å². The van der Waals surface area contributed by atoms with Crippen LogP contribution in [0.1, 0.15) is 20.1 Å². The smallest absolute Gasteiger partial charge is 0.289 e. The van der Waals surface area contributed by atoms with Gasteiger partial charge in [0.2, 0.25) is 0 Å². The Morgan fingerprint density at radius 3 is 2.69 bits per heavy atom. The fourth-order valence-electron chi connectivity index (χ4n) is 1.26. The van der Waals surface area contributed by atoms with E-state index in [0.29, 0.717) is 4.88 Å². The summed E-state index contributed by atoms with van der Waals surface area (Å²) in [6.45, 7) is 4.02. The Balaban J connectivity index is 2.38. The molecule has 0 saturated heterocycles. The molecule has 0 N–H and O–H groups in total. The minimum Gasteiger partial charge on any atom is -0.327 e. The highest BCUT2D eigenvalue weighted by Crippen LogP contribution is 2.21. The molecule has 3 nitrogen and oxygen atoms in total. The molecular formula is C11H12N2OS2. The number of aryl methyl sites for hydroxylation is 3. The lowest BCUT2D eigenvalue weighted by molar-refractivity contribution is 0.100. The maximum Gasteiger partial charge on any atom is 0.289 e. The van der Waals surface area contributed by atoms with Gasteiger partial charge in [0.15, 0.2) is 4.80 Å². The lowest BCUT2D eigenvalue weighted by atomic mass is 10.3. The summed E-state index contributed by atoms with van der Waals surface area (Å²) < 4.78 is 1.84. The highest BCUT2D eigenvalue weighted by atomic mass is 32.1. The molecule has 0 radical (unpaired) electrons. The first kappa shape index (κ1) is 11.3. The minimum atomic E-state index is -0.153. The van der Waals surface area contributed by atoms with E-state index < -0.39 is 0 Å². The zero-order valence-electron chi connectivity index (χ0n) is 9.35. The summed E-state index contributed by atoms with van der Waals surface area (Å²) >= 11 is 2.97. The van der Waals surface area contributed by atoms with E-state index in [4.69, 9.17) is 0 Å². The highest BCUT2D eigenvalue weighted by molar-refractivity contribution is 7.14. The predicted molar refractivity (Wildman–Crippen MR) is 67.0 cm³/mol. The summed E-state index contributed by atoms with van der Waals surface area (Å²) in [5, 5.41) is 1.91. The van der Waals surface area contributed by atoms with E-state index in [9.17, 15) is 4.79 Å². The fourth-order valence-corrected chi connectivity index (χ4v) is 2.90. The zero-order valence-corrected chi connectivity index (χ0v) is 11.0. The van der Waals surface area contributed by atoms with Crippen LogP contribution in [0, 0.1) is 13.8 Å². The second-order valence-electron chi connectivity index (χ2n) is 3.56. The van der Waals surface area contributed by atoms with Crippen LogP contribution >= 0.6 is 22.7 Å². The van der Waals surface area contributed by atoms with Crippen molar-refractivity contribution in [1.82, 2.24) is 4.57 Å². The van der Waals surface area contributed by atoms with Gasteiger partial charge >= 0.3 is 0 Å². The molecule has 16 heavy (non-hydrogen) atoms. The molecule has 0 saturated carbocycles. The molecule has 2 aromatic rings. The third-order valence-electron chi connectivity index (χ3n) is 2.33. The van der Waals surface area contributed by atoms with Crippen LogP contribution in [0.25, 0.3) is 0 Å². The Bertz CT molecular complexity index is 570. The van der Waals surface area contributed by atoms with Crippen LogP contribution in [0.2, 0.25) is 0 Å². The van der Waals surface area contributed by atoms with E-state index in [1.165, 1.54) is 27.6 Å². The van der Waals surface area contributed by atoms with E-state index in [1.54, 1.807) is 0 Å². The van der Waals surface area contributed by atoms with Crippen LogP contribution in [0.3, 0.4) is 0 Å². The van der Waals surface area contributed by atoms with Crippen molar-refractivity contribution >= 4 is 28.6 Å². The topological polar surface area (TPSA) is 34.4 Å². The summed E-state index contributed by atoms with van der Waals surface area (Å²) in [4.78, 5) is 18.6. The van der Waals surface area contributed by atoms with Crippen LogP contribution in [0.4, 0.5) is 0 Å².